The van der Waals surface area contributed by atoms with Crippen LogP contribution in [0.3, 0.4) is 0 Å². The van der Waals surface area contributed by atoms with Gasteiger partial charge in [0.15, 0.2) is 35.1 Å². The molecule has 0 amide bonds. The number of hydrogen-bond donors (Lipinski definition) is 8. The summed E-state index contributed by atoms with van der Waals surface area (Å²) >= 11 is 0. The second kappa shape index (κ2) is 11.4. The van der Waals surface area contributed by atoms with Gasteiger partial charge < -0.3 is 45.7 Å². The highest BCUT2D eigenvalue weighted by molar-refractivity contribution is 7.53. The molecular weight excluding hydrogens is 634 g/mol. The van der Waals surface area contributed by atoms with Crippen molar-refractivity contribution in [1.82, 2.24) is 39.0 Å². The van der Waals surface area contributed by atoms with Crippen molar-refractivity contribution < 1.29 is 52.8 Å². The molecule has 2 aliphatic rings. The zero-order valence-electron chi connectivity index (χ0n) is 22.0. The number of aromatic amines is 1. The van der Waals surface area contributed by atoms with Crippen molar-refractivity contribution in [2.24, 2.45) is 0 Å². The maximum atomic E-state index is 13.7. The number of aliphatic hydroxyl groups excluding tert-OH is 3. The number of hydrogen-bond acceptors (Lipinski definition) is 17. The van der Waals surface area contributed by atoms with E-state index in [2.05, 4.69) is 34.4 Å². The standard InChI is InChI=1S/C20H24N10O12P2/c21-14-8-15(24-3-23-14)29(4-25-8)18-12(33)10(31)7(41-18)2-40-44(37,38)13-11(32)6(1-39-43(35)36)42-19(13)30-5-26-9-16(30)27-20(22)28-17(9)34/h3-7,10-13,18-19,31-33H,1-2H2,(H6-,21,22,23,24,27,28,34,35,36,37,38)/p+1/t6-,7-,10-,11+,12-,13-,18-,19-/m1/s1. The summed E-state index contributed by atoms with van der Waals surface area (Å²) in [4.78, 5) is 54.6. The lowest BCUT2D eigenvalue weighted by atomic mass is 10.1. The number of fused-ring (bicyclic) bond motifs is 2. The molecule has 0 radical (unpaired) electrons. The molecular formula is C20H25N10O12P2+. The average Bonchev–Trinajstić information content (AvgIpc) is 3.72. The third kappa shape index (κ3) is 5.25. The molecule has 0 aromatic carbocycles. The molecule has 236 valence electrons. The Morgan fingerprint density at radius 3 is 2.34 bits per heavy atom. The third-order valence-corrected chi connectivity index (χ3v) is 9.41. The predicted molar refractivity (Wildman–Crippen MR) is 143 cm³/mol. The van der Waals surface area contributed by atoms with Gasteiger partial charge >= 0.3 is 15.9 Å². The van der Waals surface area contributed by atoms with Gasteiger partial charge in [-0.3, -0.25) is 23.5 Å². The lowest BCUT2D eigenvalue weighted by Crippen LogP contribution is -2.36. The van der Waals surface area contributed by atoms with Gasteiger partial charge in [0, 0.05) is 4.57 Å². The highest BCUT2D eigenvalue weighted by atomic mass is 31.2. The van der Waals surface area contributed by atoms with E-state index in [0.717, 1.165) is 10.9 Å². The number of nitrogens with zero attached hydrogens (tertiary/aromatic N) is 7. The Morgan fingerprint density at radius 1 is 0.955 bits per heavy atom. The van der Waals surface area contributed by atoms with E-state index in [-0.39, 0.29) is 34.1 Å². The molecule has 0 aliphatic carbocycles. The second-order valence-corrected chi connectivity index (χ2v) is 12.6. The van der Waals surface area contributed by atoms with Gasteiger partial charge in [0.1, 0.15) is 54.6 Å². The molecule has 0 spiro atoms. The summed E-state index contributed by atoms with van der Waals surface area (Å²) < 4.78 is 48.6. The van der Waals surface area contributed by atoms with Crippen molar-refractivity contribution in [3.8, 4) is 0 Å². The van der Waals surface area contributed by atoms with Gasteiger partial charge in [-0.2, -0.15) is 4.98 Å². The zero-order valence-corrected chi connectivity index (χ0v) is 23.8. The van der Waals surface area contributed by atoms with E-state index in [9.17, 15) is 34.1 Å². The van der Waals surface area contributed by atoms with Crippen LogP contribution >= 0.6 is 15.9 Å². The third-order valence-electron chi connectivity index (χ3n) is 7.21. The van der Waals surface area contributed by atoms with Crippen LogP contribution in [0.4, 0.5) is 11.8 Å². The Hall–Kier alpha value is -3.53. The summed E-state index contributed by atoms with van der Waals surface area (Å²) in [6, 6.07) is 0. The first-order chi connectivity index (χ1) is 20.9. The highest BCUT2D eigenvalue weighted by Gasteiger charge is 2.56. The molecule has 22 nitrogen and oxygen atoms in total. The monoisotopic (exact) mass is 659 g/mol. The van der Waals surface area contributed by atoms with Crippen molar-refractivity contribution in [3.05, 3.63) is 29.3 Å². The van der Waals surface area contributed by atoms with Gasteiger partial charge in [0.05, 0.1) is 19.3 Å². The lowest BCUT2D eigenvalue weighted by Gasteiger charge is -2.27. The molecule has 6 heterocycles. The molecule has 0 saturated carbocycles. The number of anilines is 2. The smallest absolute Gasteiger partial charge is 0.389 e. The van der Waals surface area contributed by atoms with Crippen molar-refractivity contribution in [3.63, 3.8) is 0 Å². The van der Waals surface area contributed by atoms with Crippen LogP contribution in [0, 0.1) is 0 Å². The Bertz CT molecular complexity index is 1830. The number of aromatic nitrogens is 8. The van der Waals surface area contributed by atoms with Crippen LogP contribution < -0.4 is 17.0 Å². The van der Waals surface area contributed by atoms with Crippen molar-refractivity contribution in [2.45, 2.75) is 48.6 Å². The van der Waals surface area contributed by atoms with E-state index in [1.165, 1.54) is 17.2 Å². The number of nitrogen functional groups attached to an aromatic ring is 2. The van der Waals surface area contributed by atoms with E-state index in [1.54, 1.807) is 0 Å². The quantitative estimate of drug-likeness (QED) is 0.0843. The average molecular weight is 659 g/mol. The molecule has 2 aliphatic heterocycles. The van der Waals surface area contributed by atoms with E-state index >= 15 is 0 Å². The van der Waals surface area contributed by atoms with Crippen LogP contribution in [0.25, 0.3) is 22.3 Å². The van der Waals surface area contributed by atoms with Crippen LogP contribution in [0.1, 0.15) is 12.5 Å². The molecule has 4 aromatic heterocycles. The number of ether oxygens (including phenoxy) is 2. The predicted octanol–water partition coefficient (Wildman–Crippen LogP) is -2.76. The second-order valence-electron chi connectivity index (χ2n) is 9.84. The molecule has 10 atom stereocenters. The molecule has 2 fully saturated rings. The summed E-state index contributed by atoms with van der Waals surface area (Å²) in [5.41, 5.74) is 8.95. The summed E-state index contributed by atoms with van der Waals surface area (Å²) in [5.74, 6) is -0.238. The summed E-state index contributed by atoms with van der Waals surface area (Å²) in [6.07, 6.45) is -7.15. The van der Waals surface area contributed by atoms with Gasteiger partial charge in [-0.05, 0) is 0 Å². The van der Waals surface area contributed by atoms with Crippen molar-refractivity contribution in [2.75, 3.05) is 24.7 Å². The zero-order chi connectivity index (χ0) is 31.5. The fourth-order valence-corrected chi connectivity index (χ4v) is 7.06. The minimum Gasteiger partial charge on any atom is -0.389 e. The summed E-state index contributed by atoms with van der Waals surface area (Å²) in [5, 5.41) is 32.4. The van der Waals surface area contributed by atoms with Crippen LogP contribution in [0.2, 0.25) is 0 Å². The normalized spacial score (nSPS) is 30.7. The van der Waals surface area contributed by atoms with E-state index < -0.39 is 83.3 Å². The first kappa shape index (κ1) is 30.5. The SMILES string of the molecule is Nc1nc2c(ncn2[C@@H]2O[C@H](CO[P+](=O)O)[C@H](O)[C@H]2P(=O)(O)OC[C@H]2O[C@@H](n3cnc4c(N)ncnc43)[C@H](O)[C@@H]2O)c(=O)[nH]1. The molecule has 4 aromatic rings. The van der Waals surface area contributed by atoms with E-state index in [0.29, 0.717) is 0 Å². The molecule has 10 N–H and O–H groups in total. The van der Waals surface area contributed by atoms with Gasteiger partial charge in [-0.25, -0.2) is 19.9 Å². The fraction of sp³-hybridized carbons (Fsp3) is 0.500. The summed E-state index contributed by atoms with van der Waals surface area (Å²) in [6.45, 7) is -1.44. The van der Waals surface area contributed by atoms with Crippen LogP contribution in [-0.2, 0) is 27.7 Å². The number of rotatable bonds is 9. The molecule has 44 heavy (non-hydrogen) atoms. The Kier molecular flexibility index (Phi) is 7.93. The number of nitrogens with one attached hydrogen (secondary N) is 1. The Morgan fingerprint density at radius 2 is 1.61 bits per heavy atom. The fourth-order valence-electron chi connectivity index (χ4n) is 5.14. The van der Waals surface area contributed by atoms with E-state index in [1.807, 2.05) is 0 Å². The van der Waals surface area contributed by atoms with Crippen molar-refractivity contribution >= 4 is 49.9 Å². The molecule has 6 rings (SSSR count). The topological polar surface area (TPSA) is 331 Å². The number of nitrogens with two attached hydrogens (primary N) is 2. The summed E-state index contributed by atoms with van der Waals surface area (Å²) in [7, 11) is -8.11. The van der Waals surface area contributed by atoms with Crippen LogP contribution in [-0.4, -0.2) is 114 Å². The minimum absolute atomic E-state index is 0.0671. The number of imidazole rings is 2. The molecule has 2 saturated heterocycles. The number of H-pyrrole nitrogens is 1. The van der Waals surface area contributed by atoms with E-state index in [4.69, 9.17) is 30.4 Å². The van der Waals surface area contributed by atoms with Gasteiger partial charge in [-0.1, -0.05) is 0 Å². The Balaban J connectivity index is 1.26. The van der Waals surface area contributed by atoms with Gasteiger partial charge in [-0.15, -0.1) is 9.42 Å². The van der Waals surface area contributed by atoms with Crippen LogP contribution in [0.5, 0.6) is 0 Å². The van der Waals surface area contributed by atoms with Crippen molar-refractivity contribution in [1.29, 1.82) is 0 Å². The highest BCUT2D eigenvalue weighted by Crippen LogP contribution is 2.57. The first-order valence-electron chi connectivity index (χ1n) is 12.6. The Labute approximate surface area is 244 Å². The van der Waals surface area contributed by atoms with Crippen LogP contribution in [0.15, 0.2) is 23.8 Å². The maximum absolute atomic E-state index is 13.7. The molecule has 0 bridgehead atoms. The first-order valence-corrected chi connectivity index (χ1v) is 15.4. The minimum atomic E-state index is -4.99. The molecule has 2 unspecified atom stereocenters. The molecule has 24 heteroatoms. The maximum Gasteiger partial charge on any atom is 0.694 e. The number of aliphatic hydroxyl groups is 3. The van der Waals surface area contributed by atoms with Gasteiger partial charge in [0.25, 0.3) is 5.56 Å². The lowest BCUT2D eigenvalue weighted by molar-refractivity contribution is -0.0494. The largest absolute Gasteiger partial charge is 0.694 e. The van der Waals surface area contributed by atoms with Gasteiger partial charge in [0.2, 0.25) is 5.95 Å².